The molecule has 0 aliphatic rings. The number of sulfonamides is 1. The fraction of sp³-hybridized carbons (Fsp3) is 0.500. The van der Waals surface area contributed by atoms with Crippen LogP contribution in [0.25, 0.3) is 0 Å². The van der Waals surface area contributed by atoms with Crippen LogP contribution in [0.15, 0.2) is 20.0 Å². The van der Waals surface area contributed by atoms with Crippen LogP contribution in [0.1, 0.15) is 24.4 Å². The summed E-state index contributed by atoms with van der Waals surface area (Å²) in [4.78, 5) is 10.4. The van der Waals surface area contributed by atoms with E-state index in [1.165, 1.54) is 0 Å². The molecule has 1 aromatic rings. The van der Waals surface area contributed by atoms with E-state index in [1.807, 2.05) is 0 Å². The number of furan rings is 1. The van der Waals surface area contributed by atoms with E-state index in [4.69, 9.17) is 14.6 Å². The fourth-order valence-corrected chi connectivity index (χ4v) is 3.60. The van der Waals surface area contributed by atoms with E-state index >= 15 is 0 Å². The first-order valence-corrected chi connectivity index (χ1v) is 7.62. The maximum absolute atomic E-state index is 12.1. The van der Waals surface area contributed by atoms with Gasteiger partial charge in [-0.05, 0) is 21.8 Å². The molecule has 0 amide bonds. The summed E-state index contributed by atoms with van der Waals surface area (Å²) >= 11 is 2.86. The minimum atomic E-state index is -3.97. The van der Waals surface area contributed by atoms with Gasteiger partial charge in [0.2, 0.25) is 15.8 Å². The zero-order valence-electron chi connectivity index (χ0n) is 10.3. The minimum absolute atomic E-state index is 0.121. The third kappa shape index (κ3) is 3.78. The minimum Gasteiger partial charge on any atom is -0.475 e. The Hall–Kier alpha value is -0.900. The second kappa shape index (κ2) is 6.04. The summed E-state index contributed by atoms with van der Waals surface area (Å²) in [6.07, 6.45) is 0. The molecule has 1 atom stereocenters. The summed E-state index contributed by atoms with van der Waals surface area (Å²) in [5.74, 6) is -1.98. The number of aliphatic hydroxyl groups excluding tert-OH is 1. The molecule has 0 radical (unpaired) electrons. The second-order valence-corrected chi connectivity index (χ2v) is 6.61. The van der Waals surface area contributed by atoms with Crippen molar-refractivity contribution in [3.8, 4) is 0 Å². The molecule has 0 unspecified atom stereocenters. The van der Waals surface area contributed by atoms with E-state index in [9.17, 15) is 13.2 Å². The van der Waals surface area contributed by atoms with Crippen molar-refractivity contribution in [2.45, 2.75) is 24.8 Å². The molecule has 0 saturated heterocycles. The van der Waals surface area contributed by atoms with Crippen molar-refractivity contribution < 1.29 is 27.8 Å². The smallest absolute Gasteiger partial charge is 0.371 e. The first kappa shape index (κ1) is 16.2. The van der Waals surface area contributed by atoms with Crippen LogP contribution < -0.4 is 4.72 Å². The lowest BCUT2D eigenvalue weighted by atomic mass is 10.1. The van der Waals surface area contributed by atoms with Crippen LogP contribution in [-0.2, 0) is 10.0 Å². The van der Waals surface area contributed by atoms with Crippen molar-refractivity contribution in [1.82, 2.24) is 4.72 Å². The maximum Gasteiger partial charge on any atom is 0.371 e. The molecule has 3 N–H and O–H groups in total. The van der Waals surface area contributed by atoms with Crippen LogP contribution in [0.5, 0.6) is 0 Å². The highest BCUT2D eigenvalue weighted by Crippen LogP contribution is 2.26. The number of carboxylic acids is 1. The highest BCUT2D eigenvalue weighted by atomic mass is 79.9. The Morgan fingerprint density at radius 2 is 2.11 bits per heavy atom. The van der Waals surface area contributed by atoms with Crippen molar-refractivity contribution in [3.05, 3.63) is 16.5 Å². The highest BCUT2D eigenvalue weighted by Gasteiger charge is 2.28. The molecule has 19 heavy (non-hydrogen) atoms. The van der Waals surface area contributed by atoms with Gasteiger partial charge in [0.25, 0.3) is 0 Å². The van der Waals surface area contributed by atoms with Crippen molar-refractivity contribution >= 4 is 31.9 Å². The first-order chi connectivity index (χ1) is 8.69. The number of aromatic carboxylic acids is 1. The lowest BCUT2D eigenvalue weighted by Crippen LogP contribution is -2.41. The Morgan fingerprint density at radius 1 is 1.53 bits per heavy atom. The Labute approximate surface area is 118 Å². The Morgan fingerprint density at radius 3 is 2.47 bits per heavy atom. The van der Waals surface area contributed by atoms with Crippen LogP contribution in [0.4, 0.5) is 0 Å². The van der Waals surface area contributed by atoms with E-state index in [1.54, 1.807) is 13.8 Å². The molecule has 0 fully saturated rings. The van der Waals surface area contributed by atoms with Gasteiger partial charge in [-0.1, -0.05) is 13.8 Å². The number of carbonyl (C=O) groups is 1. The summed E-state index contributed by atoms with van der Waals surface area (Å²) in [5, 5.41) is 17.8. The SMILES string of the molecule is CC(C)[C@@H](CO)NS(=O)(=O)c1cc(C(=O)O)oc1Br. The molecule has 1 rings (SSSR count). The molecule has 1 heterocycles. The molecule has 7 nitrogen and oxygen atoms in total. The van der Waals surface area contributed by atoms with Crippen LogP contribution in [-0.4, -0.2) is 37.2 Å². The normalized spacial score (nSPS) is 13.7. The largest absolute Gasteiger partial charge is 0.475 e. The average Bonchev–Trinajstić information content (AvgIpc) is 2.68. The standard InChI is InChI=1S/C10H14BrNO6S/c1-5(2)6(4-13)12-19(16,17)8-3-7(10(14)15)18-9(8)11/h3,5-6,12-13H,4H2,1-2H3,(H,14,15)/t6-/m1/s1. The van der Waals surface area contributed by atoms with E-state index in [0.717, 1.165) is 6.07 Å². The molecule has 0 spiro atoms. The molecule has 0 aliphatic carbocycles. The lowest BCUT2D eigenvalue weighted by molar-refractivity contribution is 0.0661. The number of halogens is 1. The van der Waals surface area contributed by atoms with Crippen molar-refractivity contribution in [2.75, 3.05) is 6.61 Å². The zero-order chi connectivity index (χ0) is 14.8. The zero-order valence-corrected chi connectivity index (χ0v) is 12.7. The van der Waals surface area contributed by atoms with Crippen LogP contribution >= 0.6 is 15.9 Å². The summed E-state index contributed by atoms with van der Waals surface area (Å²) in [6.45, 7) is 3.13. The van der Waals surface area contributed by atoms with Crippen molar-refractivity contribution in [2.24, 2.45) is 5.92 Å². The molecule has 0 aliphatic heterocycles. The van der Waals surface area contributed by atoms with Gasteiger partial charge < -0.3 is 14.6 Å². The Bertz CT molecular complexity index is 565. The molecule has 1 aromatic heterocycles. The van der Waals surface area contributed by atoms with E-state index in [0.29, 0.717) is 0 Å². The van der Waals surface area contributed by atoms with Gasteiger partial charge in [0.15, 0.2) is 4.67 Å². The van der Waals surface area contributed by atoms with Gasteiger partial charge in [0.05, 0.1) is 6.61 Å². The topological polar surface area (TPSA) is 117 Å². The molecule has 0 saturated carbocycles. The second-order valence-electron chi connectivity index (χ2n) is 4.21. The van der Waals surface area contributed by atoms with Gasteiger partial charge in [-0.2, -0.15) is 0 Å². The molecular weight excluding hydrogens is 342 g/mol. The van der Waals surface area contributed by atoms with Crippen LogP contribution in [0.3, 0.4) is 0 Å². The highest BCUT2D eigenvalue weighted by molar-refractivity contribution is 9.10. The fourth-order valence-electron chi connectivity index (χ4n) is 1.29. The number of hydrogen-bond acceptors (Lipinski definition) is 5. The molecular formula is C10H14BrNO6S. The number of hydrogen-bond donors (Lipinski definition) is 3. The predicted octanol–water partition coefficient (Wildman–Crippen LogP) is 1.04. The quantitative estimate of drug-likeness (QED) is 0.701. The summed E-state index contributed by atoms with van der Waals surface area (Å²) in [6, 6.07) is 0.240. The van der Waals surface area contributed by atoms with Gasteiger partial charge in [-0.15, -0.1) is 0 Å². The Balaban J connectivity index is 3.10. The van der Waals surface area contributed by atoms with Crippen LogP contribution in [0.2, 0.25) is 0 Å². The van der Waals surface area contributed by atoms with E-state index in [2.05, 4.69) is 20.7 Å². The Kier molecular flexibility index (Phi) is 5.13. The van der Waals surface area contributed by atoms with Gasteiger partial charge in [0, 0.05) is 12.1 Å². The summed E-state index contributed by atoms with van der Waals surface area (Å²) < 4.78 is 31.0. The maximum atomic E-state index is 12.1. The van der Waals surface area contributed by atoms with Crippen molar-refractivity contribution in [1.29, 1.82) is 0 Å². The molecule has 9 heteroatoms. The number of nitrogens with one attached hydrogen (secondary N) is 1. The summed E-state index contributed by atoms with van der Waals surface area (Å²) in [5.41, 5.74) is 0. The number of carboxylic acid groups (broad SMARTS) is 1. The molecule has 0 bridgehead atoms. The lowest BCUT2D eigenvalue weighted by Gasteiger charge is -2.19. The van der Waals surface area contributed by atoms with E-state index in [-0.39, 0.29) is 22.1 Å². The van der Waals surface area contributed by atoms with Crippen molar-refractivity contribution in [3.63, 3.8) is 0 Å². The van der Waals surface area contributed by atoms with Gasteiger partial charge in [-0.25, -0.2) is 17.9 Å². The monoisotopic (exact) mass is 355 g/mol. The number of rotatable bonds is 6. The molecule has 0 aromatic carbocycles. The van der Waals surface area contributed by atoms with E-state index < -0.39 is 27.8 Å². The third-order valence-electron chi connectivity index (χ3n) is 2.46. The third-order valence-corrected chi connectivity index (χ3v) is 4.81. The molecule has 108 valence electrons. The van der Waals surface area contributed by atoms with Crippen LogP contribution in [0, 0.1) is 5.92 Å². The van der Waals surface area contributed by atoms with Gasteiger partial charge in [-0.3, -0.25) is 0 Å². The first-order valence-electron chi connectivity index (χ1n) is 5.35. The van der Waals surface area contributed by atoms with Gasteiger partial charge in [0.1, 0.15) is 4.90 Å². The predicted molar refractivity (Wildman–Crippen MR) is 69.4 cm³/mol. The summed E-state index contributed by atoms with van der Waals surface area (Å²) in [7, 11) is -3.97. The van der Waals surface area contributed by atoms with Gasteiger partial charge >= 0.3 is 5.97 Å². The average molecular weight is 356 g/mol. The number of aliphatic hydroxyl groups is 1.